The summed E-state index contributed by atoms with van der Waals surface area (Å²) in [6.45, 7) is 2.44. The Morgan fingerprint density at radius 1 is 1.10 bits per heavy atom. The molecule has 0 aliphatic heterocycles. The molecule has 5 heteroatoms. The van der Waals surface area contributed by atoms with Gasteiger partial charge in [0.05, 0.1) is 13.7 Å². The van der Waals surface area contributed by atoms with Crippen molar-refractivity contribution in [2.75, 3.05) is 12.4 Å². The number of aryl methyl sites for hydroxylation is 1. The number of hydrogen-bond donors (Lipinski definition) is 1. The van der Waals surface area contributed by atoms with Crippen LogP contribution in [-0.4, -0.2) is 7.11 Å². The molecular weight excluding hydrogens is 369 g/mol. The molecule has 0 radical (unpaired) electrons. The first-order valence-corrected chi connectivity index (χ1v) is 9.92. The van der Waals surface area contributed by atoms with Crippen LogP contribution in [0, 0.1) is 5.82 Å². The molecule has 1 heterocycles. The van der Waals surface area contributed by atoms with Gasteiger partial charge in [-0.3, -0.25) is 4.79 Å². The van der Waals surface area contributed by atoms with Crippen LogP contribution in [-0.2, 0) is 13.0 Å². The lowest BCUT2D eigenvalue weighted by atomic mass is 10.0. The molecule has 3 aromatic rings. The van der Waals surface area contributed by atoms with Gasteiger partial charge < -0.3 is 14.5 Å². The lowest BCUT2D eigenvalue weighted by Crippen LogP contribution is -2.14. The number of ether oxygens (including phenoxy) is 1. The predicted molar refractivity (Wildman–Crippen MR) is 112 cm³/mol. The summed E-state index contributed by atoms with van der Waals surface area (Å²) in [7, 11) is 1.45. The van der Waals surface area contributed by atoms with Crippen molar-refractivity contribution in [3.63, 3.8) is 0 Å². The quantitative estimate of drug-likeness (QED) is 0.575. The van der Waals surface area contributed by atoms with Crippen LogP contribution in [0.25, 0.3) is 11.1 Å². The Morgan fingerprint density at radius 3 is 2.45 bits per heavy atom. The average Bonchev–Trinajstić information content (AvgIpc) is 3.57. The van der Waals surface area contributed by atoms with E-state index in [1.807, 2.05) is 37.3 Å². The van der Waals surface area contributed by atoms with E-state index in [0.29, 0.717) is 24.6 Å². The van der Waals surface area contributed by atoms with Crippen LogP contribution in [0.4, 0.5) is 10.1 Å². The van der Waals surface area contributed by atoms with Crippen LogP contribution in [0.5, 0.6) is 5.75 Å². The van der Waals surface area contributed by atoms with E-state index in [1.165, 1.54) is 13.2 Å². The van der Waals surface area contributed by atoms with Gasteiger partial charge in [-0.15, -0.1) is 0 Å². The van der Waals surface area contributed by atoms with E-state index in [2.05, 4.69) is 5.32 Å². The van der Waals surface area contributed by atoms with Gasteiger partial charge in [-0.25, -0.2) is 4.39 Å². The van der Waals surface area contributed by atoms with Gasteiger partial charge in [-0.2, -0.15) is 0 Å². The Kier molecular flexibility index (Phi) is 5.38. The topological polar surface area (TPSA) is 51.5 Å². The zero-order valence-electron chi connectivity index (χ0n) is 16.6. The Morgan fingerprint density at radius 2 is 1.83 bits per heavy atom. The minimum atomic E-state index is -0.384. The second-order valence-corrected chi connectivity index (χ2v) is 7.32. The van der Waals surface area contributed by atoms with Crippen LogP contribution in [0.1, 0.15) is 42.8 Å². The molecule has 0 amide bonds. The summed E-state index contributed by atoms with van der Waals surface area (Å²) >= 11 is 0. The van der Waals surface area contributed by atoms with Crippen LogP contribution in [0.2, 0.25) is 0 Å². The van der Waals surface area contributed by atoms with Gasteiger partial charge in [-0.05, 0) is 54.2 Å². The summed E-state index contributed by atoms with van der Waals surface area (Å²) in [6.07, 6.45) is 2.80. The Labute approximate surface area is 169 Å². The molecule has 29 heavy (non-hydrogen) atoms. The number of methoxy groups -OCH3 is 1. The largest absolute Gasteiger partial charge is 0.494 e. The summed E-state index contributed by atoms with van der Waals surface area (Å²) < 4.78 is 24.9. The third-order valence-corrected chi connectivity index (χ3v) is 5.27. The van der Waals surface area contributed by atoms with Gasteiger partial charge in [0, 0.05) is 23.7 Å². The first-order chi connectivity index (χ1) is 14.1. The van der Waals surface area contributed by atoms with Crippen LogP contribution < -0.4 is 15.5 Å². The number of nitrogens with one attached hydrogen (secondary N) is 1. The number of halogens is 1. The summed E-state index contributed by atoms with van der Waals surface area (Å²) in [6, 6.07) is 14.3. The molecule has 0 spiro atoms. The van der Waals surface area contributed by atoms with E-state index in [-0.39, 0.29) is 17.0 Å². The predicted octanol–water partition coefficient (Wildman–Crippen LogP) is 5.51. The summed E-state index contributed by atoms with van der Waals surface area (Å²) in [5, 5.41) is 3.34. The average molecular weight is 393 g/mol. The van der Waals surface area contributed by atoms with Crippen molar-refractivity contribution in [3.8, 4) is 16.9 Å². The van der Waals surface area contributed by atoms with Gasteiger partial charge in [0.2, 0.25) is 0 Å². The first-order valence-electron chi connectivity index (χ1n) is 9.92. The molecule has 2 aromatic carbocycles. The van der Waals surface area contributed by atoms with E-state index in [0.717, 1.165) is 41.0 Å². The van der Waals surface area contributed by atoms with Gasteiger partial charge in [-0.1, -0.05) is 25.1 Å². The standard InChI is InChI=1S/C24H24FNO3/c1-3-19-13-21(27)24(16-4-5-16)23(29-19)14-26-18-9-6-15(7-10-18)17-8-11-22(28-2)20(25)12-17/h6-13,16,26H,3-5,14H2,1-2H3. The molecule has 0 atom stereocenters. The van der Waals surface area contributed by atoms with Crippen molar-refractivity contribution in [1.29, 1.82) is 0 Å². The number of benzene rings is 2. The molecule has 150 valence electrons. The highest BCUT2D eigenvalue weighted by molar-refractivity contribution is 5.66. The smallest absolute Gasteiger partial charge is 0.188 e. The molecule has 0 bridgehead atoms. The van der Waals surface area contributed by atoms with Gasteiger partial charge in [0.15, 0.2) is 17.0 Å². The monoisotopic (exact) mass is 393 g/mol. The second kappa shape index (κ2) is 8.11. The molecule has 1 saturated carbocycles. The van der Waals surface area contributed by atoms with Crippen molar-refractivity contribution >= 4 is 5.69 Å². The summed E-state index contributed by atoms with van der Waals surface area (Å²) in [5.74, 6) is 1.63. The maximum absolute atomic E-state index is 14.0. The molecule has 4 nitrogen and oxygen atoms in total. The van der Waals surface area contributed by atoms with E-state index in [1.54, 1.807) is 12.1 Å². The van der Waals surface area contributed by atoms with Crippen molar-refractivity contribution in [1.82, 2.24) is 0 Å². The van der Waals surface area contributed by atoms with Crippen molar-refractivity contribution in [2.24, 2.45) is 0 Å². The Bertz CT molecular complexity index is 1070. The normalized spacial score (nSPS) is 13.3. The van der Waals surface area contributed by atoms with Crippen molar-refractivity contribution in [3.05, 3.63) is 81.7 Å². The van der Waals surface area contributed by atoms with Crippen LogP contribution in [0.3, 0.4) is 0 Å². The van der Waals surface area contributed by atoms with Crippen LogP contribution >= 0.6 is 0 Å². The number of hydrogen-bond acceptors (Lipinski definition) is 4. The zero-order valence-corrected chi connectivity index (χ0v) is 16.6. The zero-order chi connectivity index (χ0) is 20.4. The van der Waals surface area contributed by atoms with E-state index < -0.39 is 0 Å². The molecule has 0 saturated heterocycles. The van der Waals surface area contributed by atoms with Crippen LogP contribution in [0.15, 0.2) is 57.7 Å². The first kappa shape index (κ1) is 19.2. The van der Waals surface area contributed by atoms with E-state index in [4.69, 9.17) is 9.15 Å². The third-order valence-electron chi connectivity index (χ3n) is 5.27. The van der Waals surface area contributed by atoms with Gasteiger partial charge in [0.25, 0.3) is 0 Å². The minimum Gasteiger partial charge on any atom is -0.494 e. The fraction of sp³-hybridized carbons (Fsp3) is 0.292. The molecule has 0 unspecified atom stereocenters. The molecule has 1 aromatic heterocycles. The van der Waals surface area contributed by atoms with Gasteiger partial charge >= 0.3 is 0 Å². The maximum atomic E-state index is 14.0. The Balaban J connectivity index is 1.51. The molecule has 4 rings (SSSR count). The summed E-state index contributed by atoms with van der Waals surface area (Å²) in [5.41, 5.74) is 3.51. The van der Waals surface area contributed by atoms with Crippen molar-refractivity contribution < 1.29 is 13.5 Å². The van der Waals surface area contributed by atoms with Gasteiger partial charge in [0.1, 0.15) is 11.5 Å². The number of anilines is 1. The highest BCUT2D eigenvalue weighted by atomic mass is 19.1. The highest BCUT2D eigenvalue weighted by Gasteiger charge is 2.30. The maximum Gasteiger partial charge on any atom is 0.188 e. The SMILES string of the molecule is CCc1cc(=O)c(C2CC2)c(CNc2ccc(-c3ccc(OC)c(F)c3)cc2)o1. The third kappa shape index (κ3) is 4.19. The van der Waals surface area contributed by atoms with Crippen molar-refractivity contribution in [2.45, 2.75) is 38.6 Å². The molecule has 1 fully saturated rings. The fourth-order valence-electron chi connectivity index (χ4n) is 3.52. The molecule has 1 aliphatic rings. The Hall–Kier alpha value is -3.08. The highest BCUT2D eigenvalue weighted by Crippen LogP contribution is 2.40. The minimum absolute atomic E-state index is 0.0873. The summed E-state index contributed by atoms with van der Waals surface area (Å²) in [4.78, 5) is 12.5. The number of rotatable bonds is 7. The molecule has 1 N–H and O–H groups in total. The fourth-order valence-corrected chi connectivity index (χ4v) is 3.52. The lowest BCUT2D eigenvalue weighted by Gasteiger charge is -2.12. The molecular formula is C24H24FNO3. The second-order valence-electron chi connectivity index (χ2n) is 7.32. The van der Waals surface area contributed by atoms with E-state index >= 15 is 0 Å². The van der Waals surface area contributed by atoms with E-state index in [9.17, 15) is 9.18 Å². The lowest BCUT2D eigenvalue weighted by molar-refractivity contribution is 0.386. The molecule has 1 aliphatic carbocycles.